The highest BCUT2D eigenvalue weighted by atomic mass is 127. The molecule has 0 bridgehead atoms. The lowest BCUT2D eigenvalue weighted by Crippen LogP contribution is -2.40. The molecule has 23 heavy (non-hydrogen) atoms. The summed E-state index contributed by atoms with van der Waals surface area (Å²) in [6.45, 7) is 8.27. The van der Waals surface area contributed by atoms with Crippen molar-refractivity contribution in [3.8, 4) is 0 Å². The third-order valence-corrected chi connectivity index (χ3v) is 5.16. The molecule has 1 aromatic heterocycles. The van der Waals surface area contributed by atoms with Crippen LogP contribution in [0, 0.1) is 5.92 Å². The molecule has 1 saturated heterocycles. The normalized spacial score (nSPS) is 22.5. The van der Waals surface area contributed by atoms with Gasteiger partial charge in [-0.25, -0.2) is 0 Å². The number of thiophene rings is 1. The average molecular weight is 450 g/mol. The first-order chi connectivity index (χ1) is 10.8. The molecule has 0 spiro atoms. The van der Waals surface area contributed by atoms with Gasteiger partial charge in [0.25, 0.3) is 0 Å². The average Bonchev–Trinajstić information content (AvgIpc) is 3.04. The number of nitrogens with zero attached hydrogens (tertiary/aromatic N) is 2. The lowest BCUT2D eigenvalue weighted by molar-refractivity contribution is 0.128. The summed E-state index contributed by atoms with van der Waals surface area (Å²) in [5.74, 6) is 1.57. The molecule has 0 aromatic carbocycles. The van der Waals surface area contributed by atoms with Crippen molar-refractivity contribution in [3.63, 3.8) is 0 Å². The van der Waals surface area contributed by atoms with Crippen LogP contribution in [0.4, 0.5) is 0 Å². The van der Waals surface area contributed by atoms with Gasteiger partial charge in [0.2, 0.25) is 0 Å². The van der Waals surface area contributed by atoms with Crippen LogP contribution in [0.15, 0.2) is 22.5 Å². The molecule has 2 rings (SSSR count). The third kappa shape index (κ3) is 6.23. The Morgan fingerprint density at radius 1 is 1.39 bits per heavy atom. The molecule has 0 aliphatic carbocycles. The van der Waals surface area contributed by atoms with E-state index in [1.807, 2.05) is 11.3 Å². The zero-order chi connectivity index (χ0) is 15.8. The summed E-state index contributed by atoms with van der Waals surface area (Å²) in [4.78, 5) is 8.82. The van der Waals surface area contributed by atoms with Crippen LogP contribution in [-0.2, 0) is 0 Å². The van der Waals surface area contributed by atoms with Crippen molar-refractivity contribution in [2.75, 3.05) is 33.2 Å². The zero-order valence-corrected chi connectivity index (χ0v) is 17.7. The van der Waals surface area contributed by atoms with E-state index >= 15 is 0 Å². The fourth-order valence-corrected chi connectivity index (χ4v) is 4.14. The van der Waals surface area contributed by atoms with Gasteiger partial charge in [-0.05, 0) is 57.1 Å². The highest BCUT2D eigenvalue weighted by molar-refractivity contribution is 14.0. The summed E-state index contributed by atoms with van der Waals surface area (Å²) in [6, 6.07) is 4.95. The van der Waals surface area contributed by atoms with Crippen molar-refractivity contribution in [1.29, 1.82) is 0 Å². The van der Waals surface area contributed by atoms with Crippen molar-refractivity contribution in [2.24, 2.45) is 10.9 Å². The number of hydrogen-bond donors (Lipinski definition) is 2. The second kappa shape index (κ2) is 11.3. The van der Waals surface area contributed by atoms with Gasteiger partial charge < -0.3 is 10.6 Å². The molecule has 1 aliphatic heterocycles. The van der Waals surface area contributed by atoms with Crippen molar-refractivity contribution in [1.82, 2.24) is 15.5 Å². The fourth-order valence-electron chi connectivity index (χ4n) is 3.15. The van der Waals surface area contributed by atoms with Gasteiger partial charge in [0.15, 0.2) is 5.96 Å². The number of aliphatic imine (C=N–C) groups is 1. The Bertz CT molecular complexity index is 449. The first kappa shape index (κ1) is 20.7. The van der Waals surface area contributed by atoms with Gasteiger partial charge in [-0.1, -0.05) is 13.0 Å². The maximum Gasteiger partial charge on any atom is 0.191 e. The van der Waals surface area contributed by atoms with Crippen molar-refractivity contribution in [2.45, 2.75) is 39.2 Å². The van der Waals surface area contributed by atoms with E-state index in [0.717, 1.165) is 32.0 Å². The van der Waals surface area contributed by atoms with E-state index in [9.17, 15) is 0 Å². The molecule has 1 fully saturated rings. The predicted octanol–water partition coefficient (Wildman–Crippen LogP) is 3.71. The van der Waals surface area contributed by atoms with Gasteiger partial charge in [-0.15, -0.1) is 35.3 Å². The molecule has 2 unspecified atom stereocenters. The Hall–Kier alpha value is -0.340. The van der Waals surface area contributed by atoms with E-state index in [1.54, 1.807) is 0 Å². The van der Waals surface area contributed by atoms with E-state index in [-0.39, 0.29) is 24.0 Å². The maximum atomic E-state index is 4.84. The molecule has 6 heteroatoms. The van der Waals surface area contributed by atoms with Crippen LogP contribution in [0.5, 0.6) is 0 Å². The minimum atomic E-state index is 0. The van der Waals surface area contributed by atoms with E-state index in [0.29, 0.717) is 12.0 Å². The monoisotopic (exact) mass is 450 g/mol. The number of halogens is 1. The van der Waals surface area contributed by atoms with Crippen LogP contribution in [0.3, 0.4) is 0 Å². The fraction of sp³-hybridized carbons (Fsp3) is 0.706. The molecule has 1 aromatic rings. The molecule has 1 aliphatic rings. The number of hydrogen-bond acceptors (Lipinski definition) is 3. The van der Waals surface area contributed by atoms with Crippen LogP contribution in [0.1, 0.15) is 44.0 Å². The largest absolute Gasteiger partial charge is 0.357 e. The highest BCUT2D eigenvalue weighted by Crippen LogP contribution is 2.37. The summed E-state index contributed by atoms with van der Waals surface area (Å²) >= 11 is 1.87. The molecule has 2 atom stereocenters. The Balaban J connectivity index is 0.00000264. The molecule has 0 saturated carbocycles. The summed E-state index contributed by atoms with van der Waals surface area (Å²) in [7, 11) is 2.25. The summed E-state index contributed by atoms with van der Waals surface area (Å²) in [6.07, 6.45) is 3.66. The molecule has 0 radical (unpaired) electrons. The molecule has 132 valence electrons. The minimum absolute atomic E-state index is 0. The predicted molar refractivity (Wildman–Crippen MR) is 112 cm³/mol. The summed E-state index contributed by atoms with van der Waals surface area (Å²) in [5.41, 5.74) is 0. The van der Waals surface area contributed by atoms with E-state index in [1.165, 1.54) is 24.3 Å². The first-order valence-electron chi connectivity index (χ1n) is 8.52. The second-order valence-electron chi connectivity index (χ2n) is 5.99. The lowest BCUT2D eigenvalue weighted by Gasteiger charge is -2.38. The van der Waals surface area contributed by atoms with Gasteiger partial charge in [0, 0.05) is 30.6 Å². The number of rotatable bonds is 6. The Kier molecular flexibility index (Phi) is 10.1. The van der Waals surface area contributed by atoms with Gasteiger partial charge in [0.1, 0.15) is 0 Å². The standard InChI is InChI=1S/C17H30N4S.HI/c1-4-10-19-17(18-5-2)20-13-14-8-6-11-21(3)16(14)15-9-7-12-22-15;/h7,9,12,14,16H,4-6,8,10-11,13H2,1-3H3,(H2,18,19,20);1H. The number of nitrogens with one attached hydrogen (secondary N) is 2. The molecule has 0 amide bonds. The van der Waals surface area contributed by atoms with Crippen LogP contribution >= 0.6 is 35.3 Å². The molecule has 2 N–H and O–H groups in total. The summed E-state index contributed by atoms with van der Waals surface area (Å²) in [5, 5.41) is 8.93. The van der Waals surface area contributed by atoms with Crippen LogP contribution in [0.25, 0.3) is 0 Å². The van der Waals surface area contributed by atoms with E-state index in [4.69, 9.17) is 4.99 Å². The quantitative estimate of drug-likeness (QED) is 0.394. The Morgan fingerprint density at radius 2 is 2.22 bits per heavy atom. The smallest absolute Gasteiger partial charge is 0.191 e. The number of likely N-dealkylation sites (tertiary alicyclic amines) is 1. The van der Waals surface area contributed by atoms with Gasteiger partial charge in [0.05, 0.1) is 0 Å². The van der Waals surface area contributed by atoms with Crippen LogP contribution in [-0.4, -0.2) is 44.1 Å². The lowest BCUT2D eigenvalue weighted by atomic mass is 9.88. The number of guanidine groups is 1. The van der Waals surface area contributed by atoms with Gasteiger partial charge in [-0.2, -0.15) is 0 Å². The zero-order valence-electron chi connectivity index (χ0n) is 14.5. The SMILES string of the molecule is CCCNC(=NCC1CCCN(C)C1c1cccs1)NCC.I. The topological polar surface area (TPSA) is 39.7 Å². The summed E-state index contributed by atoms with van der Waals surface area (Å²) < 4.78 is 0. The molecular formula is C17H31IN4S. The minimum Gasteiger partial charge on any atom is -0.357 e. The van der Waals surface area contributed by atoms with E-state index in [2.05, 4.69) is 53.9 Å². The van der Waals surface area contributed by atoms with Crippen LogP contribution < -0.4 is 10.6 Å². The Labute approximate surface area is 162 Å². The highest BCUT2D eigenvalue weighted by Gasteiger charge is 2.30. The third-order valence-electron chi connectivity index (χ3n) is 4.21. The van der Waals surface area contributed by atoms with Crippen molar-refractivity contribution >= 4 is 41.3 Å². The molecular weight excluding hydrogens is 419 g/mol. The molecule has 4 nitrogen and oxygen atoms in total. The maximum absolute atomic E-state index is 4.84. The van der Waals surface area contributed by atoms with Crippen molar-refractivity contribution < 1.29 is 0 Å². The van der Waals surface area contributed by atoms with Crippen LogP contribution in [0.2, 0.25) is 0 Å². The number of piperidine rings is 1. The first-order valence-corrected chi connectivity index (χ1v) is 9.40. The molecule has 2 heterocycles. The van der Waals surface area contributed by atoms with E-state index < -0.39 is 0 Å². The second-order valence-corrected chi connectivity index (χ2v) is 6.97. The van der Waals surface area contributed by atoms with Crippen molar-refractivity contribution in [3.05, 3.63) is 22.4 Å². The van der Waals surface area contributed by atoms with Gasteiger partial charge in [-0.3, -0.25) is 9.89 Å². The van der Waals surface area contributed by atoms with Gasteiger partial charge >= 0.3 is 0 Å². The Morgan fingerprint density at radius 3 is 2.87 bits per heavy atom.